The quantitative estimate of drug-likeness (QED) is 0.473. The van der Waals surface area contributed by atoms with Crippen molar-refractivity contribution in [2.75, 3.05) is 19.7 Å². The Labute approximate surface area is 195 Å². The predicted octanol–water partition coefficient (Wildman–Crippen LogP) is 3.39. The minimum absolute atomic E-state index is 0.437. The molecule has 0 saturated carbocycles. The molecule has 0 spiro atoms. The maximum Gasteiger partial charge on any atom is 0.169 e. The Bertz CT molecular complexity index is 1310. The molecule has 3 aromatic heterocycles. The van der Waals surface area contributed by atoms with Crippen LogP contribution in [0.3, 0.4) is 0 Å². The molecule has 5 heterocycles. The van der Waals surface area contributed by atoms with Crippen molar-refractivity contribution in [3.63, 3.8) is 0 Å². The Kier molecular flexibility index (Phi) is 4.86. The van der Waals surface area contributed by atoms with E-state index in [1.165, 1.54) is 4.88 Å². The average molecular weight is 463 g/mol. The smallest absolute Gasteiger partial charge is 0.169 e. The van der Waals surface area contributed by atoms with Gasteiger partial charge in [0.1, 0.15) is 5.75 Å². The van der Waals surface area contributed by atoms with Crippen molar-refractivity contribution < 1.29 is 9.84 Å². The SMILES string of the molecule is CC(C)(O)Cn1cc(-c2ccc3c(c2)OCCc2sc(-c4nccn4C4CNC4)nc2-3)cn1. The lowest BCUT2D eigenvalue weighted by atomic mass is 10.0. The van der Waals surface area contributed by atoms with E-state index >= 15 is 0 Å². The van der Waals surface area contributed by atoms with Gasteiger partial charge in [0, 0.05) is 54.1 Å². The van der Waals surface area contributed by atoms with E-state index in [4.69, 9.17) is 9.72 Å². The number of fused-ring (bicyclic) bond motifs is 3. The molecule has 33 heavy (non-hydrogen) atoms. The normalized spacial score (nSPS) is 16.0. The molecule has 2 N–H and O–H groups in total. The van der Waals surface area contributed by atoms with Crippen molar-refractivity contribution in [3.8, 4) is 39.0 Å². The Hall–Kier alpha value is -3.01. The minimum Gasteiger partial charge on any atom is -0.492 e. The molecule has 2 aliphatic heterocycles. The van der Waals surface area contributed by atoms with Gasteiger partial charge in [-0.2, -0.15) is 5.10 Å². The molecule has 8 nitrogen and oxygen atoms in total. The van der Waals surface area contributed by atoms with Crippen molar-refractivity contribution in [1.29, 1.82) is 0 Å². The van der Waals surface area contributed by atoms with Crippen LogP contribution < -0.4 is 10.1 Å². The van der Waals surface area contributed by atoms with Gasteiger partial charge in [-0.25, -0.2) is 9.97 Å². The van der Waals surface area contributed by atoms with E-state index in [0.29, 0.717) is 19.2 Å². The molecule has 0 radical (unpaired) electrons. The van der Waals surface area contributed by atoms with Crippen LogP contribution in [0.2, 0.25) is 0 Å². The number of hydrogen-bond acceptors (Lipinski definition) is 7. The van der Waals surface area contributed by atoms with Crippen molar-refractivity contribution in [2.45, 2.75) is 38.5 Å². The highest BCUT2D eigenvalue weighted by Crippen LogP contribution is 2.42. The van der Waals surface area contributed by atoms with Crippen LogP contribution in [0, 0.1) is 0 Å². The molecule has 0 bridgehead atoms. The predicted molar refractivity (Wildman–Crippen MR) is 127 cm³/mol. The summed E-state index contributed by atoms with van der Waals surface area (Å²) in [6.07, 6.45) is 8.52. The summed E-state index contributed by atoms with van der Waals surface area (Å²) in [6, 6.07) is 6.69. The van der Waals surface area contributed by atoms with E-state index in [9.17, 15) is 5.11 Å². The van der Waals surface area contributed by atoms with Gasteiger partial charge in [-0.05, 0) is 31.5 Å². The number of aromatic nitrogens is 5. The van der Waals surface area contributed by atoms with Gasteiger partial charge < -0.3 is 19.7 Å². The second-order valence-electron chi connectivity index (χ2n) is 9.31. The van der Waals surface area contributed by atoms with E-state index < -0.39 is 5.60 Å². The number of benzene rings is 1. The minimum atomic E-state index is -0.817. The Morgan fingerprint density at radius 3 is 2.94 bits per heavy atom. The maximum absolute atomic E-state index is 10.1. The molecule has 0 unspecified atom stereocenters. The lowest BCUT2D eigenvalue weighted by Gasteiger charge is -2.29. The Morgan fingerprint density at radius 2 is 2.15 bits per heavy atom. The third-order valence-corrected chi connectivity index (χ3v) is 7.16. The summed E-state index contributed by atoms with van der Waals surface area (Å²) in [5.41, 5.74) is 3.21. The van der Waals surface area contributed by atoms with E-state index in [1.807, 2.05) is 18.6 Å². The largest absolute Gasteiger partial charge is 0.492 e. The molecule has 0 atom stereocenters. The van der Waals surface area contributed by atoms with E-state index in [1.54, 1.807) is 29.9 Å². The molecular formula is C24H26N6O2S. The highest BCUT2D eigenvalue weighted by Gasteiger charge is 2.26. The van der Waals surface area contributed by atoms with Crippen molar-refractivity contribution in [1.82, 2.24) is 29.6 Å². The van der Waals surface area contributed by atoms with Crippen LogP contribution in [0.25, 0.3) is 33.2 Å². The van der Waals surface area contributed by atoms with Crippen molar-refractivity contribution >= 4 is 11.3 Å². The number of nitrogens with one attached hydrogen (secondary N) is 1. The molecule has 2 aliphatic rings. The highest BCUT2D eigenvalue weighted by molar-refractivity contribution is 7.15. The number of imidazole rings is 1. The third kappa shape index (κ3) is 3.86. The summed E-state index contributed by atoms with van der Waals surface area (Å²) in [7, 11) is 0. The van der Waals surface area contributed by atoms with Crippen LogP contribution in [0.1, 0.15) is 24.8 Å². The lowest BCUT2D eigenvalue weighted by Crippen LogP contribution is -2.43. The van der Waals surface area contributed by atoms with Gasteiger partial charge in [0.15, 0.2) is 10.8 Å². The molecule has 6 rings (SSSR count). The first-order valence-corrected chi connectivity index (χ1v) is 12.0. The van der Waals surface area contributed by atoms with Crippen LogP contribution in [0.5, 0.6) is 5.75 Å². The third-order valence-electron chi connectivity index (χ3n) is 6.05. The number of hydrogen-bond donors (Lipinski definition) is 2. The first-order chi connectivity index (χ1) is 15.9. The van der Waals surface area contributed by atoms with Gasteiger partial charge in [-0.3, -0.25) is 4.68 Å². The van der Waals surface area contributed by atoms with Crippen LogP contribution in [0.15, 0.2) is 43.0 Å². The average Bonchev–Trinajstić information content (AvgIpc) is 3.44. The van der Waals surface area contributed by atoms with Gasteiger partial charge in [-0.15, -0.1) is 11.3 Å². The number of ether oxygens (including phenoxy) is 1. The monoisotopic (exact) mass is 462 g/mol. The zero-order valence-corrected chi connectivity index (χ0v) is 19.5. The number of nitrogens with zero attached hydrogens (tertiary/aromatic N) is 5. The molecule has 170 valence electrons. The standard InChI is InChI=1S/C24H26N6O2S/c1-24(2,31)14-29-13-16(10-27-29)15-3-4-18-19(9-15)32-8-5-20-21(18)28-23(33-20)22-26-6-7-30(22)17-11-25-12-17/h3-4,6-7,9-10,13,17,25,31H,5,8,11-12,14H2,1-2H3. The first-order valence-electron chi connectivity index (χ1n) is 11.2. The van der Waals surface area contributed by atoms with Crippen LogP contribution >= 0.6 is 11.3 Å². The van der Waals surface area contributed by atoms with Gasteiger partial charge in [0.25, 0.3) is 0 Å². The van der Waals surface area contributed by atoms with Gasteiger partial charge in [0.2, 0.25) is 0 Å². The fourth-order valence-corrected chi connectivity index (χ4v) is 5.39. The number of thiazole rings is 1. The zero-order valence-electron chi connectivity index (χ0n) is 18.7. The van der Waals surface area contributed by atoms with E-state index in [-0.39, 0.29) is 0 Å². The Balaban J connectivity index is 1.34. The van der Waals surface area contributed by atoms with Crippen LogP contribution in [-0.2, 0) is 13.0 Å². The van der Waals surface area contributed by atoms with E-state index in [2.05, 4.69) is 44.4 Å². The molecule has 0 amide bonds. The fraction of sp³-hybridized carbons (Fsp3) is 0.375. The molecule has 9 heteroatoms. The maximum atomic E-state index is 10.1. The first kappa shape index (κ1) is 20.6. The molecule has 0 aliphatic carbocycles. The summed E-state index contributed by atoms with van der Waals surface area (Å²) < 4.78 is 10.1. The second-order valence-corrected chi connectivity index (χ2v) is 10.4. The van der Waals surface area contributed by atoms with Gasteiger partial charge in [0.05, 0.1) is 36.7 Å². The lowest BCUT2D eigenvalue weighted by molar-refractivity contribution is 0.0577. The summed E-state index contributed by atoms with van der Waals surface area (Å²) >= 11 is 1.71. The van der Waals surface area contributed by atoms with E-state index in [0.717, 1.165) is 58.5 Å². The molecule has 1 saturated heterocycles. The molecule has 1 aromatic carbocycles. The number of aliphatic hydroxyl groups is 1. The summed E-state index contributed by atoms with van der Waals surface area (Å²) in [5, 5.41) is 18.8. The topological polar surface area (TPSA) is 90.0 Å². The summed E-state index contributed by atoms with van der Waals surface area (Å²) in [5.74, 6) is 1.78. The molecular weight excluding hydrogens is 436 g/mol. The molecule has 4 aromatic rings. The summed E-state index contributed by atoms with van der Waals surface area (Å²) in [6.45, 7) is 6.55. The van der Waals surface area contributed by atoms with Crippen LogP contribution in [-0.4, -0.2) is 54.7 Å². The number of rotatable bonds is 5. The summed E-state index contributed by atoms with van der Waals surface area (Å²) in [4.78, 5) is 10.9. The highest BCUT2D eigenvalue weighted by atomic mass is 32.1. The van der Waals surface area contributed by atoms with Gasteiger partial charge >= 0.3 is 0 Å². The van der Waals surface area contributed by atoms with Crippen molar-refractivity contribution in [2.24, 2.45) is 0 Å². The fourth-order valence-electron chi connectivity index (χ4n) is 4.34. The Morgan fingerprint density at radius 1 is 1.27 bits per heavy atom. The zero-order chi connectivity index (χ0) is 22.6. The van der Waals surface area contributed by atoms with Crippen LogP contribution in [0.4, 0.5) is 0 Å². The van der Waals surface area contributed by atoms with Gasteiger partial charge in [-0.1, -0.05) is 6.07 Å². The second kappa shape index (κ2) is 7.79. The van der Waals surface area contributed by atoms with Crippen molar-refractivity contribution in [3.05, 3.63) is 47.9 Å². The molecule has 1 fully saturated rings.